The Bertz CT molecular complexity index is 739. The third-order valence-electron chi connectivity index (χ3n) is 4.48. The SMILES string of the molecule is CC(C)c1ccc(C#N)c(N2CCCC(OCc3ccccn3)C2)n1. The van der Waals surface area contributed by atoms with Gasteiger partial charge in [-0.15, -0.1) is 0 Å². The smallest absolute Gasteiger partial charge is 0.146 e. The lowest BCUT2D eigenvalue weighted by Crippen LogP contribution is -2.40. The zero-order chi connectivity index (χ0) is 17.6. The van der Waals surface area contributed by atoms with E-state index in [-0.39, 0.29) is 6.10 Å². The number of rotatable bonds is 5. The molecule has 0 saturated carbocycles. The Hall–Kier alpha value is -2.45. The molecule has 25 heavy (non-hydrogen) atoms. The van der Waals surface area contributed by atoms with Crippen LogP contribution in [0.1, 0.15) is 49.6 Å². The van der Waals surface area contributed by atoms with Crippen molar-refractivity contribution in [3.63, 3.8) is 0 Å². The van der Waals surface area contributed by atoms with Crippen molar-refractivity contribution < 1.29 is 4.74 Å². The van der Waals surface area contributed by atoms with Crippen molar-refractivity contribution in [3.05, 3.63) is 53.5 Å². The minimum absolute atomic E-state index is 0.131. The van der Waals surface area contributed by atoms with Crippen molar-refractivity contribution >= 4 is 5.82 Å². The van der Waals surface area contributed by atoms with Crippen LogP contribution < -0.4 is 4.90 Å². The molecule has 0 aromatic carbocycles. The van der Waals surface area contributed by atoms with E-state index in [1.54, 1.807) is 6.20 Å². The predicted octanol–water partition coefficient (Wildman–Crippen LogP) is 3.66. The molecule has 0 radical (unpaired) electrons. The fourth-order valence-electron chi connectivity index (χ4n) is 3.07. The molecule has 0 aliphatic carbocycles. The summed E-state index contributed by atoms with van der Waals surface area (Å²) in [7, 11) is 0. The molecule has 0 bridgehead atoms. The maximum Gasteiger partial charge on any atom is 0.146 e. The number of pyridine rings is 2. The minimum atomic E-state index is 0.131. The van der Waals surface area contributed by atoms with Gasteiger partial charge in [-0.3, -0.25) is 4.98 Å². The van der Waals surface area contributed by atoms with E-state index >= 15 is 0 Å². The maximum absolute atomic E-state index is 9.44. The van der Waals surface area contributed by atoms with Crippen LogP contribution in [0.5, 0.6) is 0 Å². The Morgan fingerprint density at radius 2 is 2.20 bits per heavy atom. The lowest BCUT2D eigenvalue weighted by atomic mass is 10.1. The van der Waals surface area contributed by atoms with Gasteiger partial charge in [-0.1, -0.05) is 19.9 Å². The largest absolute Gasteiger partial charge is 0.370 e. The number of ether oxygens (including phenoxy) is 1. The highest BCUT2D eigenvalue weighted by Crippen LogP contribution is 2.25. The highest BCUT2D eigenvalue weighted by atomic mass is 16.5. The molecule has 0 N–H and O–H groups in total. The molecule has 0 spiro atoms. The summed E-state index contributed by atoms with van der Waals surface area (Å²) in [5.41, 5.74) is 2.59. The van der Waals surface area contributed by atoms with Gasteiger partial charge in [-0.2, -0.15) is 5.26 Å². The normalized spacial score (nSPS) is 17.5. The minimum Gasteiger partial charge on any atom is -0.370 e. The average molecular weight is 336 g/mol. The Balaban J connectivity index is 1.70. The molecule has 0 amide bonds. The van der Waals surface area contributed by atoms with Gasteiger partial charge < -0.3 is 9.64 Å². The molecule has 3 rings (SSSR count). The second-order valence-corrected chi connectivity index (χ2v) is 6.72. The average Bonchev–Trinajstić information content (AvgIpc) is 2.67. The van der Waals surface area contributed by atoms with Crippen molar-refractivity contribution in [2.24, 2.45) is 0 Å². The number of aromatic nitrogens is 2. The molecule has 1 saturated heterocycles. The van der Waals surface area contributed by atoms with Gasteiger partial charge in [0, 0.05) is 25.0 Å². The topological polar surface area (TPSA) is 62.0 Å². The molecule has 130 valence electrons. The van der Waals surface area contributed by atoms with Gasteiger partial charge in [0.05, 0.1) is 24.0 Å². The molecule has 1 atom stereocenters. The van der Waals surface area contributed by atoms with Gasteiger partial charge in [0.15, 0.2) is 0 Å². The number of anilines is 1. The van der Waals surface area contributed by atoms with Crippen molar-refractivity contribution in [1.29, 1.82) is 5.26 Å². The first-order valence-corrected chi connectivity index (χ1v) is 8.85. The van der Waals surface area contributed by atoms with Gasteiger partial charge in [0.1, 0.15) is 11.9 Å². The molecule has 1 aliphatic rings. The summed E-state index contributed by atoms with van der Waals surface area (Å²) in [6, 6.07) is 12.0. The van der Waals surface area contributed by atoms with E-state index in [4.69, 9.17) is 9.72 Å². The summed E-state index contributed by atoms with van der Waals surface area (Å²) in [5, 5.41) is 9.44. The molecular formula is C20H24N4O. The monoisotopic (exact) mass is 336 g/mol. The van der Waals surface area contributed by atoms with Crippen LogP contribution >= 0.6 is 0 Å². The summed E-state index contributed by atoms with van der Waals surface area (Å²) in [6.07, 6.45) is 3.97. The Morgan fingerprint density at radius 1 is 1.32 bits per heavy atom. The van der Waals surface area contributed by atoms with Gasteiger partial charge in [0.25, 0.3) is 0 Å². The van der Waals surface area contributed by atoms with Crippen molar-refractivity contribution in [2.45, 2.75) is 45.3 Å². The predicted molar refractivity (Wildman–Crippen MR) is 97.3 cm³/mol. The third kappa shape index (κ3) is 4.34. The van der Waals surface area contributed by atoms with E-state index in [2.05, 4.69) is 29.8 Å². The first-order chi connectivity index (χ1) is 12.2. The van der Waals surface area contributed by atoms with Crippen LogP contribution in [0.4, 0.5) is 5.82 Å². The standard InChI is InChI=1S/C20H24N4O/c1-15(2)19-9-8-16(12-21)20(23-19)24-11-5-7-18(13-24)25-14-17-6-3-4-10-22-17/h3-4,6,8-10,15,18H,5,7,11,13-14H2,1-2H3. The number of nitrogens with zero attached hydrogens (tertiary/aromatic N) is 4. The van der Waals surface area contributed by atoms with E-state index < -0.39 is 0 Å². The highest BCUT2D eigenvalue weighted by Gasteiger charge is 2.24. The Morgan fingerprint density at radius 3 is 2.92 bits per heavy atom. The van der Waals surface area contributed by atoms with Gasteiger partial charge in [-0.05, 0) is 43.0 Å². The van der Waals surface area contributed by atoms with Crippen LogP contribution in [0.15, 0.2) is 36.5 Å². The number of hydrogen-bond donors (Lipinski definition) is 0. The first-order valence-electron chi connectivity index (χ1n) is 8.85. The molecule has 5 heteroatoms. The summed E-state index contributed by atoms with van der Waals surface area (Å²) in [6.45, 7) is 6.42. The van der Waals surface area contributed by atoms with Crippen LogP contribution in [-0.2, 0) is 11.3 Å². The van der Waals surface area contributed by atoms with Crippen molar-refractivity contribution in [3.8, 4) is 6.07 Å². The Labute approximate surface area is 149 Å². The van der Waals surface area contributed by atoms with Crippen LogP contribution in [-0.4, -0.2) is 29.2 Å². The lowest BCUT2D eigenvalue weighted by molar-refractivity contribution is 0.0297. The molecule has 1 aliphatic heterocycles. The molecule has 2 aromatic rings. The number of hydrogen-bond acceptors (Lipinski definition) is 5. The molecular weight excluding hydrogens is 312 g/mol. The molecule has 3 heterocycles. The second-order valence-electron chi connectivity index (χ2n) is 6.72. The zero-order valence-electron chi connectivity index (χ0n) is 14.9. The van der Waals surface area contributed by atoms with E-state index in [0.717, 1.165) is 43.1 Å². The zero-order valence-corrected chi connectivity index (χ0v) is 14.9. The maximum atomic E-state index is 9.44. The van der Waals surface area contributed by atoms with Crippen LogP contribution in [0, 0.1) is 11.3 Å². The summed E-state index contributed by atoms with van der Waals surface area (Å²) in [4.78, 5) is 11.3. The molecule has 5 nitrogen and oxygen atoms in total. The van der Waals surface area contributed by atoms with Gasteiger partial charge in [0.2, 0.25) is 0 Å². The van der Waals surface area contributed by atoms with Gasteiger partial charge >= 0.3 is 0 Å². The third-order valence-corrected chi connectivity index (χ3v) is 4.48. The van der Waals surface area contributed by atoms with E-state index in [1.165, 1.54) is 0 Å². The highest BCUT2D eigenvalue weighted by molar-refractivity contribution is 5.55. The van der Waals surface area contributed by atoms with E-state index in [1.807, 2.05) is 30.3 Å². The van der Waals surface area contributed by atoms with Crippen LogP contribution in [0.2, 0.25) is 0 Å². The van der Waals surface area contributed by atoms with Crippen LogP contribution in [0.25, 0.3) is 0 Å². The quantitative estimate of drug-likeness (QED) is 0.834. The summed E-state index contributed by atoms with van der Waals surface area (Å²) < 4.78 is 6.06. The van der Waals surface area contributed by atoms with Gasteiger partial charge in [-0.25, -0.2) is 4.98 Å². The second kappa shape index (κ2) is 8.09. The number of piperidine rings is 1. The van der Waals surface area contributed by atoms with E-state index in [0.29, 0.717) is 18.1 Å². The number of nitriles is 1. The van der Waals surface area contributed by atoms with E-state index in [9.17, 15) is 5.26 Å². The molecule has 1 fully saturated rings. The fourth-order valence-corrected chi connectivity index (χ4v) is 3.07. The molecule has 2 aromatic heterocycles. The first kappa shape index (κ1) is 17.4. The lowest BCUT2D eigenvalue weighted by Gasteiger charge is -2.34. The fraction of sp³-hybridized carbons (Fsp3) is 0.450. The van der Waals surface area contributed by atoms with Crippen LogP contribution in [0.3, 0.4) is 0 Å². The summed E-state index contributed by atoms with van der Waals surface area (Å²) in [5.74, 6) is 1.13. The summed E-state index contributed by atoms with van der Waals surface area (Å²) >= 11 is 0. The van der Waals surface area contributed by atoms with Crippen molar-refractivity contribution in [1.82, 2.24) is 9.97 Å². The molecule has 1 unspecified atom stereocenters. The Kier molecular flexibility index (Phi) is 5.62. The van der Waals surface area contributed by atoms with Crippen molar-refractivity contribution in [2.75, 3.05) is 18.0 Å².